The van der Waals surface area contributed by atoms with Gasteiger partial charge in [0.25, 0.3) is 0 Å². The number of hydrazone groups is 1. The molecule has 1 saturated heterocycles. The number of nitrogens with one attached hydrogen (secondary N) is 1. The maximum atomic E-state index is 9.32. The van der Waals surface area contributed by atoms with E-state index in [0.29, 0.717) is 29.7 Å². The van der Waals surface area contributed by atoms with Gasteiger partial charge >= 0.3 is 0 Å². The quantitative estimate of drug-likeness (QED) is 0.461. The molecular weight excluding hydrogens is 264 g/mol. The van der Waals surface area contributed by atoms with Crippen molar-refractivity contribution in [3.05, 3.63) is 30.1 Å². The highest BCUT2D eigenvalue weighted by molar-refractivity contribution is 7.80. The van der Waals surface area contributed by atoms with Gasteiger partial charge in [0.15, 0.2) is 5.11 Å². The summed E-state index contributed by atoms with van der Waals surface area (Å²) in [7, 11) is 0. The first-order chi connectivity index (χ1) is 9.31. The van der Waals surface area contributed by atoms with Crippen molar-refractivity contribution in [2.75, 3.05) is 32.9 Å². The fraction of sp³-hybridized carbons (Fsp3) is 0.417. The zero-order chi connectivity index (χ0) is 13.5. The summed E-state index contributed by atoms with van der Waals surface area (Å²) in [6.45, 7) is 2.63. The van der Waals surface area contributed by atoms with Crippen LogP contribution in [0, 0.1) is 0 Å². The number of thiocarbonyl (C=S) groups is 1. The summed E-state index contributed by atoms with van der Waals surface area (Å²) >= 11 is 5.24. The third-order valence-electron chi connectivity index (χ3n) is 2.70. The van der Waals surface area contributed by atoms with Crippen molar-refractivity contribution in [3.63, 3.8) is 0 Å². The number of aliphatic hydroxyl groups is 1. The standard InChI is InChI=1S/C12H16N4O2S/c17-9-11(10-3-1-2-4-13-10)14-15-12(19)16-5-7-18-8-6-16/h1-4,17H,5-9H2,(H,15,19)/b14-11+. The molecule has 1 aromatic heterocycles. The number of rotatable bonds is 3. The zero-order valence-corrected chi connectivity index (χ0v) is 11.3. The summed E-state index contributed by atoms with van der Waals surface area (Å²) in [6, 6.07) is 5.44. The fourth-order valence-corrected chi connectivity index (χ4v) is 1.89. The average molecular weight is 280 g/mol. The van der Waals surface area contributed by atoms with Crippen molar-refractivity contribution in [3.8, 4) is 0 Å². The Morgan fingerprint density at radius 1 is 1.47 bits per heavy atom. The van der Waals surface area contributed by atoms with Crippen LogP contribution in [0.15, 0.2) is 29.5 Å². The van der Waals surface area contributed by atoms with E-state index in [1.807, 2.05) is 17.0 Å². The third-order valence-corrected chi connectivity index (χ3v) is 3.04. The van der Waals surface area contributed by atoms with Crippen molar-refractivity contribution < 1.29 is 9.84 Å². The predicted molar refractivity (Wildman–Crippen MR) is 76.0 cm³/mol. The zero-order valence-electron chi connectivity index (χ0n) is 10.5. The Morgan fingerprint density at radius 3 is 2.89 bits per heavy atom. The number of hydrogen-bond donors (Lipinski definition) is 2. The van der Waals surface area contributed by atoms with Crippen molar-refractivity contribution in [2.45, 2.75) is 0 Å². The van der Waals surface area contributed by atoms with Crippen LogP contribution in [-0.4, -0.2) is 58.7 Å². The minimum absolute atomic E-state index is 0.199. The second-order valence-electron chi connectivity index (χ2n) is 3.95. The predicted octanol–water partition coefficient (Wildman–Crippen LogP) is -0.0153. The largest absolute Gasteiger partial charge is 0.390 e. The Hall–Kier alpha value is -1.57. The maximum absolute atomic E-state index is 9.32. The lowest BCUT2D eigenvalue weighted by molar-refractivity contribution is 0.0677. The smallest absolute Gasteiger partial charge is 0.189 e. The van der Waals surface area contributed by atoms with Gasteiger partial charge < -0.3 is 14.7 Å². The first-order valence-corrected chi connectivity index (χ1v) is 6.43. The minimum atomic E-state index is -0.199. The highest BCUT2D eigenvalue weighted by atomic mass is 32.1. The molecule has 0 amide bonds. The molecule has 0 spiro atoms. The van der Waals surface area contributed by atoms with E-state index in [9.17, 15) is 5.11 Å². The molecule has 1 fully saturated rings. The normalized spacial score (nSPS) is 16.3. The van der Waals surface area contributed by atoms with Crippen LogP contribution in [-0.2, 0) is 4.74 Å². The van der Waals surface area contributed by atoms with E-state index in [-0.39, 0.29) is 6.61 Å². The Balaban J connectivity index is 1.97. The molecule has 1 aliphatic rings. The molecule has 2 rings (SSSR count). The van der Waals surface area contributed by atoms with Crippen LogP contribution in [0.3, 0.4) is 0 Å². The molecule has 0 aliphatic carbocycles. The molecule has 2 N–H and O–H groups in total. The minimum Gasteiger partial charge on any atom is -0.390 e. The molecule has 1 aromatic rings. The maximum Gasteiger partial charge on any atom is 0.189 e. The summed E-state index contributed by atoms with van der Waals surface area (Å²) < 4.78 is 5.25. The van der Waals surface area contributed by atoms with Gasteiger partial charge in [-0.05, 0) is 24.4 Å². The van der Waals surface area contributed by atoms with Gasteiger partial charge in [0.05, 0.1) is 25.5 Å². The summed E-state index contributed by atoms with van der Waals surface area (Å²) in [4.78, 5) is 6.11. The van der Waals surface area contributed by atoms with Crippen molar-refractivity contribution in [2.24, 2.45) is 5.10 Å². The molecule has 1 aliphatic heterocycles. The van der Waals surface area contributed by atoms with Crippen molar-refractivity contribution in [1.29, 1.82) is 0 Å². The van der Waals surface area contributed by atoms with Crippen molar-refractivity contribution in [1.82, 2.24) is 15.3 Å². The number of pyridine rings is 1. The van der Waals surface area contributed by atoms with E-state index in [4.69, 9.17) is 17.0 Å². The molecule has 0 unspecified atom stereocenters. The number of hydrogen-bond acceptors (Lipinski definition) is 5. The van der Waals surface area contributed by atoms with Crippen LogP contribution in [0.1, 0.15) is 5.69 Å². The average Bonchev–Trinajstić information content (AvgIpc) is 2.49. The highest BCUT2D eigenvalue weighted by Gasteiger charge is 2.13. The van der Waals surface area contributed by atoms with Gasteiger partial charge in [-0.15, -0.1) is 0 Å². The Labute approximate surface area is 117 Å². The van der Waals surface area contributed by atoms with E-state index >= 15 is 0 Å². The monoisotopic (exact) mass is 280 g/mol. The molecule has 0 atom stereocenters. The third kappa shape index (κ3) is 3.95. The number of morpholine rings is 1. The van der Waals surface area contributed by atoms with Crippen LogP contribution in [0.4, 0.5) is 0 Å². The fourth-order valence-electron chi connectivity index (χ4n) is 1.66. The van der Waals surface area contributed by atoms with Crippen LogP contribution in [0.2, 0.25) is 0 Å². The molecule has 102 valence electrons. The molecule has 2 heterocycles. The SMILES string of the molecule is OC/C(=N\NC(=S)N1CCOCC1)c1ccccn1. The first-order valence-electron chi connectivity index (χ1n) is 6.03. The van der Waals surface area contributed by atoms with E-state index in [1.165, 1.54) is 0 Å². The summed E-state index contributed by atoms with van der Waals surface area (Å²) in [6.07, 6.45) is 1.65. The molecule has 19 heavy (non-hydrogen) atoms. The van der Waals surface area contributed by atoms with Gasteiger partial charge in [0.1, 0.15) is 5.71 Å². The number of aromatic nitrogens is 1. The Morgan fingerprint density at radius 2 is 2.26 bits per heavy atom. The topological polar surface area (TPSA) is 70.0 Å². The summed E-state index contributed by atoms with van der Waals surface area (Å²) in [5.74, 6) is 0. The molecular formula is C12H16N4O2S. The second kappa shape index (κ2) is 7.13. The number of nitrogens with zero attached hydrogens (tertiary/aromatic N) is 3. The van der Waals surface area contributed by atoms with E-state index in [0.717, 1.165) is 13.1 Å². The summed E-state index contributed by atoms with van der Waals surface area (Å²) in [5.41, 5.74) is 3.87. The van der Waals surface area contributed by atoms with E-state index in [2.05, 4.69) is 15.5 Å². The van der Waals surface area contributed by atoms with Gasteiger partial charge in [0, 0.05) is 19.3 Å². The lowest BCUT2D eigenvalue weighted by atomic mass is 10.2. The number of aliphatic hydroxyl groups excluding tert-OH is 1. The molecule has 0 bridgehead atoms. The Bertz CT molecular complexity index is 446. The van der Waals surface area contributed by atoms with Crippen molar-refractivity contribution >= 4 is 23.0 Å². The molecule has 6 nitrogen and oxygen atoms in total. The van der Waals surface area contributed by atoms with Gasteiger partial charge in [-0.25, -0.2) is 0 Å². The van der Waals surface area contributed by atoms with Gasteiger partial charge in [0.2, 0.25) is 0 Å². The molecule has 0 aromatic carbocycles. The van der Waals surface area contributed by atoms with Crippen LogP contribution >= 0.6 is 12.2 Å². The van der Waals surface area contributed by atoms with E-state index < -0.39 is 0 Å². The highest BCUT2D eigenvalue weighted by Crippen LogP contribution is 1.99. The van der Waals surface area contributed by atoms with Gasteiger partial charge in [-0.1, -0.05) is 6.07 Å². The van der Waals surface area contributed by atoms with Crippen LogP contribution in [0.5, 0.6) is 0 Å². The lowest BCUT2D eigenvalue weighted by Gasteiger charge is -2.28. The first kappa shape index (κ1) is 13.9. The molecule has 7 heteroatoms. The van der Waals surface area contributed by atoms with E-state index in [1.54, 1.807) is 12.3 Å². The van der Waals surface area contributed by atoms with Crippen LogP contribution < -0.4 is 5.43 Å². The Kier molecular flexibility index (Phi) is 5.20. The second-order valence-corrected chi connectivity index (χ2v) is 4.33. The molecule has 0 radical (unpaired) electrons. The van der Waals surface area contributed by atoms with Gasteiger partial charge in [-0.2, -0.15) is 5.10 Å². The van der Waals surface area contributed by atoms with Crippen LogP contribution in [0.25, 0.3) is 0 Å². The van der Waals surface area contributed by atoms with Gasteiger partial charge in [-0.3, -0.25) is 10.4 Å². The summed E-state index contributed by atoms with van der Waals surface area (Å²) in [5, 5.41) is 14.0. The molecule has 0 saturated carbocycles. The lowest BCUT2D eigenvalue weighted by Crippen LogP contribution is -2.44. The number of ether oxygens (including phenoxy) is 1.